The van der Waals surface area contributed by atoms with Gasteiger partial charge >= 0.3 is 0 Å². The summed E-state index contributed by atoms with van der Waals surface area (Å²) in [5.41, 5.74) is 1.38. The van der Waals surface area contributed by atoms with Gasteiger partial charge in [-0.05, 0) is 42.5 Å². The van der Waals surface area contributed by atoms with Crippen LogP contribution >= 0.6 is 11.3 Å². The summed E-state index contributed by atoms with van der Waals surface area (Å²) in [4.78, 5) is 17.8. The number of hydrogen-bond donors (Lipinski definition) is 0. The maximum absolute atomic E-state index is 12.4. The van der Waals surface area contributed by atoms with Gasteiger partial charge < -0.3 is 9.32 Å². The normalized spacial score (nSPS) is 18.5. The molecule has 2 aromatic rings. The number of nitrogens with zero attached hydrogens (tertiary/aromatic N) is 2. The molecule has 2 aromatic heterocycles. The molecule has 0 bridgehead atoms. The zero-order valence-corrected chi connectivity index (χ0v) is 13.2. The predicted octanol–water partition coefficient (Wildman–Crippen LogP) is 2.92. The van der Waals surface area contributed by atoms with Crippen LogP contribution in [0.15, 0.2) is 34.3 Å². The van der Waals surface area contributed by atoms with Gasteiger partial charge in [0, 0.05) is 24.5 Å². The predicted molar refractivity (Wildman–Crippen MR) is 83.2 cm³/mol. The third-order valence-electron chi connectivity index (χ3n) is 4.14. The van der Waals surface area contributed by atoms with Crippen molar-refractivity contribution in [3.8, 4) is 0 Å². The van der Waals surface area contributed by atoms with E-state index in [-0.39, 0.29) is 5.91 Å². The van der Waals surface area contributed by atoms with Gasteiger partial charge in [0.05, 0.1) is 19.4 Å². The molecule has 3 heterocycles. The Bertz CT molecular complexity index is 606. The Hall–Kier alpha value is -1.59. The molecule has 0 N–H and O–H groups in total. The van der Waals surface area contributed by atoms with Crippen LogP contribution in [0.3, 0.4) is 0 Å². The minimum absolute atomic E-state index is 0.136. The van der Waals surface area contributed by atoms with E-state index in [0.29, 0.717) is 19.1 Å². The molecular weight excluding hydrogens is 284 g/mol. The highest BCUT2D eigenvalue weighted by Gasteiger charge is 2.27. The number of rotatable bonds is 4. The van der Waals surface area contributed by atoms with Crippen molar-refractivity contribution in [1.29, 1.82) is 0 Å². The van der Waals surface area contributed by atoms with Crippen molar-refractivity contribution in [2.75, 3.05) is 20.1 Å². The molecule has 0 aromatic carbocycles. The molecule has 1 aliphatic heterocycles. The lowest BCUT2D eigenvalue weighted by Gasteiger charge is -2.34. The molecule has 0 saturated carbocycles. The first kappa shape index (κ1) is 14.4. The summed E-state index contributed by atoms with van der Waals surface area (Å²) in [5.74, 6) is 0.953. The van der Waals surface area contributed by atoms with Gasteiger partial charge in [0.15, 0.2) is 0 Å². The lowest BCUT2D eigenvalue weighted by molar-refractivity contribution is -0.132. The van der Waals surface area contributed by atoms with E-state index < -0.39 is 0 Å². The van der Waals surface area contributed by atoms with Crippen molar-refractivity contribution in [2.24, 2.45) is 0 Å². The van der Waals surface area contributed by atoms with Crippen molar-refractivity contribution >= 4 is 17.2 Å². The number of carbonyl (C=O) groups excluding carboxylic acids is 1. The Morgan fingerprint density at radius 2 is 2.38 bits per heavy atom. The smallest absolute Gasteiger partial charge is 0.236 e. The van der Waals surface area contributed by atoms with E-state index in [4.69, 9.17) is 4.42 Å². The molecule has 0 saturated heterocycles. The molecule has 112 valence electrons. The van der Waals surface area contributed by atoms with E-state index in [1.165, 1.54) is 10.4 Å². The van der Waals surface area contributed by atoms with Crippen LogP contribution in [-0.4, -0.2) is 35.8 Å². The maximum Gasteiger partial charge on any atom is 0.236 e. The van der Waals surface area contributed by atoms with Gasteiger partial charge in [-0.25, -0.2) is 0 Å². The first-order valence-electron chi connectivity index (χ1n) is 7.22. The first-order chi connectivity index (χ1) is 10.1. The highest BCUT2D eigenvalue weighted by atomic mass is 32.1. The van der Waals surface area contributed by atoms with E-state index in [9.17, 15) is 4.79 Å². The van der Waals surface area contributed by atoms with Crippen LogP contribution < -0.4 is 0 Å². The Morgan fingerprint density at radius 1 is 1.52 bits per heavy atom. The van der Waals surface area contributed by atoms with Gasteiger partial charge in [-0.15, -0.1) is 11.3 Å². The minimum atomic E-state index is 0.136. The SMILES string of the molecule is C[C@H]1c2ccsc2CCN1CC(=O)N(C)Cc1ccco1. The Kier molecular flexibility index (Phi) is 4.12. The molecule has 4 nitrogen and oxygen atoms in total. The summed E-state index contributed by atoms with van der Waals surface area (Å²) >= 11 is 1.82. The highest BCUT2D eigenvalue weighted by molar-refractivity contribution is 7.10. The van der Waals surface area contributed by atoms with Crippen molar-refractivity contribution in [3.05, 3.63) is 46.0 Å². The second kappa shape index (κ2) is 6.03. The summed E-state index contributed by atoms with van der Waals surface area (Å²) in [7, 11) is 1.83. The van der Waals surface area contributed by atoms with Gasteiger partial charge in [-0.3, -0.25) is 9.69 Å². The van der Waals surface area contributed by atoms with Gasteiger partial charge in [-0.1, -0.05) is 0 Å². The van der Waals surface area contributed by atoms with E-state index in [0.717, 1.165) is 18.7 Å². The number of amides is 1. The van der Waals surface area contributed by atoms with Crippen LogP contribution in [0.4, 0.5) is 0 Å². The fourth-order valence-electron chi connectivity index (χ4n) is 2.80. The molecule has 1 atom stereocenters. The highest BCUT2D eigenvalue weighted by Crippen LogP contribution is 2.32. The molecule has 1 aliphatic rings. The second-order valence-corrected chi connectivity index (χ2v) is 6.53. The topological polar surface area (TPSA) is 36.7 Å². The van der Waals surface area contributed by atoms with E-state index in [1.54, 1.807) is 11.2 Å². The molecule has 0 fully saturated rings. The molecule has 5 heteroatoms. The Labute approximate surface area is 129 Å². The quantitative estimate of drug-likeness (QED) is 0.871. The number of hydrogen-bond acceptors (Lipinski definition) is 4. The van der Waals surface area contributed by atoms with Gasteiger partial charge in [0.2, 0.25) is 5.91 Å². The molecule has 0 spiro atoms. The lowest BCUT2D eigenvalue weighted by atomic mass is 10.0. The van der Waals surface area contributed by atoms with Gasteiger partial charge in [0.25, 0.3) is 0 Å². The summed E-state index contributed by atoms with van der Waals surface area (Å²) < 4.78 is 5.30. The van der Waals surface area contributed by atoms with Crippen molar-refractivity contribution < 1.29 is 9.21 Å². The number of thiophene rings is 1. The molecule has 0 unspecified atom stereocenters. The summed E-state index contributed by atoms with van der Waals surface area (Å²) in [6.07, 6.45) is 2.69. The third kappa shape index (κ3) is 3.04. The molecule has 0 aliphatic carbocycles. The van der Waals surface area contributed by atoms with Crippen LogP contribution in [0.5, 0.6) is 0 Å². The summed E-state index contributed by atoms with van der Waals surface area (Å²) in [6.45, 7) is 4.13. The molecule has 3 rings (SSSR count). The Balaban J connectivity index is 1.60. The average Bonchev–Trinajstić information content (AvgIpc) is 3.12. The van der Waals surface area contributed by atoms with Crippen LogP contribution in [0.1, 0.15) is 29.2 Å². The fourth-order valence-corrected chi connectivity index (χ4v) is 3.76. The van der Waals surface area contributed by atoms with Crippen molar-refractivity contribution in [1.82, 2.24) is 9.80 Å². The van der Waals surface area contributed by atoms with Crippen LogP contribution in [0.2, 0.25) is 0 Å². The van der Waals surface area contributed by atoms with Crippen LogP contribution in [0, 0.1) is 0 Å². The maximum atomic E-state index is 12.4. The van der Waals surface area contributed by atoms with E-state index >= 15 is 0 Å². The number of fused-ring (bicyclic) bond motifs is 1. The van der Waals surface area contributed by atoms with E-state index in [2.05, 4.69) is 23.3 Å². The van der Waals surface area contributed by atoms with Crippen LogP contribution in [0.25, 0.3) is 0 Å². The largest absolute Gasteiger partial charge is 0.467 e. The Morgan fingerprint density at radius 3 is 3.14 bits per heavy atom. The number of carbonyl (C=O) groups is 1. The first-order valence-corrected chi connectivity index (χ1v) is 8.10. The van der Waals surface area contributed by atoms with Crippen molar-refractivity contribution in [3.63, 3.8) is 0 Å². The number of furan rings is 1. The monoisotopic (exact) mass is 304 g/mol. The van der Waals surface area contributed by atoms with E-state index in [1.807, 2.05) is 30.5 Å². The zero-order chi connectivity index (χ0) is 14.8. The van der Waals surface area contributed by atoms with Crippen LogP contribution in [-0.2, 0) is 17.8 Å². The second-order valence-electron chi connectivity index (χ2n) is 5.52. The molecule has 21 heavy (non-hydrogen) atoms. The van der Waals surface area contributed by atoms with Gasteiger partial charge in [0.1, 0.15) is 5.76 Å². The average molecular weight is 304 g/mol. The summed E-state index contributed by atoms with van der Waals surface area (Å²) in [5, 5.41) is 2.15. The van der Waals surface area contributed by atoms with Gasteiger partial charge in [-0.2, -0.15) is 0 Å². The lowest BCUT2D eigenvalue weighted by Crippen LogP contribution is -2.41. The third-order valence-corrected chi connectivity index (χ3v) is 5.14. The standard InChI is InChI=1S/C16H20N2O2S/c1-12-14-6-9-21-15(14)5-7-18(12)11-16(19)17(2)10-13-4-3-8-20-13/h3-4,6,8-9,12H,5,7,10-11H2,1-2H3/t12-/m0/s1. The molecular formula is C16H20N2O2S. The molecule has 0 radical (unpaired) electrons. The minimum Gasteiger partial charge on any atom is -0.467 e. The van der Waals surface area contributed by atoms with Crippen molar-refractivity contribution in [2.45, 2.75) is 25.9 Å². The summed E-state index contributed by atoms with van der Waals surface area (Å²) in [6, 6.07) is 6.25. The zero-order valence-electron chi connectivity index (χ0n) is 12.4. The molecule has 1 amide bonds. The number of likely N-dealkylation sites (N-methyl/N-ethyl adjacent to an activating group) is 1. The fraction of sp³-hybridized carbons (Fsp3) is 0.438.